The molecule has 0 spiro atoms. The molecule has 0 aliphatic heterocycles. The lowest BCUT2D eigenvalue weighted by Crippen LogP contribution is -2.29. The van der Waals surface area contributed by atoms with E-state index in [0.717, 1.165) is 5.56 Å². The van der Waals surface area contributed by atoms with Gasteiger partial charge in [-0.05, 0) is 24.6 Å². The molecule has 0 amide bonds. The maximum atomic E-state index is 12.6. The van der Waals surface area contributed by atoms with Gasteiger partial charge >= 0.3 is 0 Å². The zero-order chi connectivity index (χ0) is 15.6. The van der Waals surface area contributed by atoms with Crippen LogP contribution in [0.25, 0.3) is 0 Å². The Balaban J connectivity index is 2.34. The van der Waals surface area contributed by atoms with E-state index in [-0.39, 0.29) is 16.8 Å². The van der Waals surface area contributed by atoms with Crippen LogP contribution in [-0.4, -0.2) is 24.8 Å². The number of benzene rings is 1. The van der Waals surface area contributed by atoms with Crippen molar-refractivity contribution in [1.29, 1.82) is 0 Å². The van der Waals surface area contributed by atoms with Crippen molar-refractivity contribution in [3.63, 3.8) is 0 Å². The maximum Gasteiger partial charge on any atom is 0.244 e. The molecular formula is C14H16Cl2N2O2S. The summed E-state index contributed by atoms with van der Waals surface area (Å²) in [6.45, 7) is 1.80. The van der Waals surface area contributed by atoms with E-state index in [1.807, 2.05) is 18.2 Å². The number of H-pyrrole nitrogens is 1. The summed E-state index contributed by atoms with van der Waals surface area (Å²) in [5, 5.41) is 0.544. The van der Waals surface area contributed by atoms with Crippen molar-refractivity contribution in [2.24, 2.45) is 0 Å². The summed E-state index contributed by atoms with van der Waals surface area (Å²) in [6, 6.07) is 8.37. The Labute approximate surface area is 134 Å². The van der Waals surface area contributed by atoms with Crippen molar-refractivity contribution >= 4 is 33.2 Å². The molecule has 0 saturated heterocycles. The quantitative estimate of drug-likeness (QED) is 0.837. The summed E-state index contributed by atoms with van der Waals surface area (Å²) in [5.74, 6) is 0.235. The Kier molecular flexibility index (Phi) is 4.99. The van der Waals surface area contributed by atoms with Crippen LogP contribution >= 0.6 is 23.2 Å². The Hall–Kier alpha value is -1.01. The molecule has 1 heterocycles. The first-order chi connectivity index (χ1) is 9.87. The highest BCUT2D eigenvalue weighted by atomic mass is 35.5. The summed E-state index contributed by atoms with van der Waals surface area (Å²) in [4.78, 5) is 3.04. The van der Waals surface area contributed by atoms with E-state index in [1.165, 1.54) is 23.6 Å². The number of nitrogens with one attached hydrogen (secondary N) is 1. The normalized spacial score (nSPS) is 13.6. The highest BCUT2D eigenvalue weighted by Crippen LogP contribution is 2.30. The van der Waals surface area contributed by atoms with E-state index in [1.54, 1.807) is 13.0 Å². The molecule has 0 fully saturated rings. The molecule has 0 aliphatic rings. The lowest BCUT2D eigenvalue weighted by atomic mass is 10.1. The standard InChI is InChI=1S/C14H16Cl2N2O2S/c1-10(13-5-3-4-6-14(13)16)18(2)21(19,20)12-7-11(8-15)17-9-12/h3-7,9-10,17H,8H2,1-2H3. The second kappa shape index (κ2) is 6.40. The van der Waals surface area contributed by atoms with Gasteiger partial charge in [0.05, 0.1) is 10.8 Å². The number of hydrogen-bond acceptors (Lipinski definition) is 2. The molecule has 2 rings (SSSR count). The largest absolute Gasteiger partial charge is 0.363 e. The van der Waals surface area contributed by atoms with Crippen molar-refractivity contribution in [2.45, 2.75) is 23.7 Å². The van der Waals surface area contributed by atoms with Gasteiger partial charge in [0, 0.05) is 30.0 Å². The number of sulfonamides is 1. The van der Waals surface area contributed by atoms with Crippen LogP contribution in [0, 0.1) is 0 Å². The minimum absolute atomic E-state index is 0.194. The van der Waals surface area contributed by atoms with Crippen LogP contribution in [0.2, 0.25) is 5.02 Å². The average molecular weight is 347 g/mol. The number of rotatable bonds is 5. The van der Waals surface area contributed by atoms with Crippen LogP contribution in [0.15, 0.2) is 41.4 Å². The molecule has 0 saturated carbocycles. The van der Waals surface area contributed by atoms with Gasteiger partial charge in [0.2, 0.25) is 10.0 Å². The summed E-state index contributed by atoms with van der Waals surface area (Å²) in [7, 11) is -2.07. The van der Waals surface area contributed by atoms with E-state index in [9.17, 15) is 8.42 Å². The zero-order valence-electron chi connectivity index (χ0n) is 11.7. The summed E-state index contributed by atoms with van der Waals surface area (Å²) in [5.41, 5.74) is 1.42. The fourth-order valence-electron chi connectivity index (χ4n) is 2.03. The number of hydrogen-bond donors (Lipinski definition) is 1. The lowest BCUT2D eigenvalue weighted by molar-refractivity contribution is 0.398. The van der Waals surface area contributed by atoms with Gasteiger partial charge in [-0.25, -0.2) is 8.42 Å². The number of nitrogens with zero attached hydrogens (tertiary/aromatic N) is 1. The van der Waals surface area contributed by atoms with Gasteiger partial charge in [-0.2, -0.15) is 4.31 Å². The first-order valence-electron chi connectivity index (χ1n) is 6.33. The molecule has 7 heteroatoms. The first kappa shape index (κ1) is 16.4. The Morgan fingerprint density at radius 3 is 2.57 bits per heavy atom. The second-order valence-electron chi connectivity index (χ2n) is 4.71. The number of aromatic amines is 1. The van der Waals surface area contributed by atoms with Crippen LogP contribution in [-0.2, 0) is 15.9 Å². The number of halogens is 2. The van der Waals surface area contributed by atoms with Crippen molar-refractivity contribution in [2.75, 3.05) is 7.05 Å². The van der Waals surface area contributed by atoms with Crippen molar-refractivity contribution in [3.8, 4) is 0 Å². The van der Waals surface area contributed by atoms with Gasteiger partial charge in [0.25, 0.3) is 0 Å². The van der Waals surface area contributed by atoms with Gasteiger partial charge in [-0.15, -0.1) is 11.6 Å². The topological polar surface area (TPSA) is 53.2 Å². The average Bonchev–Trinajstić information content (AvgIpc) is 2.96. The van der Waals surface area contributed by atoms with Crippen LogP contribution < -0.4 is 0 Å². The molecule has 21 heavy (non-hydrogen) atoms. The van der Waals surface area contributed by atoms with Crippen LogP contribution in [0.1, 0.15) is 24.2 Å². The fraction of sp³-hybridized carbons (Fsp3) is 0.286. The predicted octanol–water partition coefficient (Wildman–Crippen LogP) is 3.79. The van der Waals surface area contributed by atoms with Gasteiger partial charge in [0.15, 0.2) is 0 Å². The smallest absolute Gasteiger partial charge is 0.244 e. The number of alkyl halides is 1. The van der Waals surface area contributed by atoms with Gasteiger partial charge in [0.1, 0.15) is 0 Å². The first-order valence-corrected chi connectivity index (χ1v) is 8.69. The van der Waals surface area contributed by atoms with Crippen LogP contribution in [0.4, 0.5) is 0 Å². The molecule has 114 valence electrons. The van der Waals surface area contributed by atoms with Crippen molar-refractivity contribution in [1.82, 2.24) is 9.29 Å². The predicted molar refractivity (Wildman–Crippen MR) is 85.2 cm³/mol. The van der Waals surface area contributed by atoms with Gasteiger partial charge in [-0.3, -0.25) is 0 Å². The highest BCUT2D eigenvalue weighted by molar-refractivity contribution is 7.89. The van der Waals surface area contributed by atoms with E-state index in [4.69, 9.17) is 23.2 Å². The third-order valence-corrected chi connectivity index (χ3v) is 5.98. The summed E-state index contributed by atoms with van der Waals surface area (Å²) < 4.78 is 26.5. The number of aromatic nitrogens is 1. The second-order valence-corrected chi connectivity index (χ2v) is 7.38. The Bertz CT molecular complexity index is 728. The van der Waals surface area contributed by atoms with E-state index in [0.29, 0.717) is 10.7 Å². The highest BCUT2D eigenvalue weighted by Gasteiger charge is 2.28. The Morgan fingerprint density at radius 1 is 1.33 bits per heavy atom. The molecule has 2 aromatic rings. The monoisotopic (exact) mass is 346 g/mol. The third-order valence-electron chi connectivity index (χ3n) is 3.44. The molecule has 4 nitrogen and oxygen atoms in total. The third kappa shape index (κ3) is 3.26. The minimum Gasteiger partial charge on any atom is -0.363 e. The molecule has 0 aliphatic carbocycles. The van der Waals surface area contributed by atoms with E-state index in [2.05, 4.69) is 4.98 Å². The van der Waals surface area contributed by atoms with Crippen LogP contribution in [0.5, 0.6) is 0 Å². The molecule has 1 N–H and O–H groups in total. The van der Waals surface area contributed by atoms with Gasteiger partial charge in [-0.1, -0.05) is 29.8 Å². The molecule has 1 aromatic carbocycles. The van der Waals surface area contributed by atoms with Gasteiger partial charge < -0.3 is 4.98 Å². The van der Waals surface area contributed by atoms with E-state index < -0.39 is 10.0 Å². The SMILES string of the molecule is CC(c1ccccc1Cl)N(C)S(=O)(=O)c1c[nH]c(CCl)c1. The molecule has 1 aromatic heterocycles. The van der Waals surface area contributed by atoms with Crippen LogP contribution in [0.3, 0.4) is 0 Å². The summed E-state index contributed by atoms with van der Waals surface area (Å²) in [6.07, 6.45) is 1.45. The molecule has 1 atom stereocenters. The fourth-order valence-corrected chi connectivity index (χ4v) is 3.84. The minimum atomic E-state index is -3.61. The van der Waals surface area contributed by atoms with E-state index >= 15 is 0 Å². The molecule has 1 unspecified atom stereocenters. The zero-order valence-corrected chi connectivity index (χ0v) is 14.0. The molecular weight excluding hydrogens is 331 g/mol. The molecule has 0 bridgehead atoms. The maximum absolute atomic E-state index is 12.6. The summed E-state index contributed by atoms with van der Waals surface area (Å²) >= 11 is 11.8. The Morgan fingerprint density at radius 2 is 2.00 bits per heavy atom. The molecule has 0 radical (unpaired) electrons. The van der Waals surface area contributed by atoms with Crippen molar-refractivity contribution < 1.29 is 8.42 Å². The van der Waals surface area contributed by atoms with Crippen molar-refractivity contribution in [3.05, 3.63) is 52.8 Å². The lowest BCUT2D eigenvalue weighted by Gasteiger charge is -2.24.